The molecule has 30 heavy (non-hydrogen) atoms. The summed E-state index contributed by atoms with van der Waals surface area (Å²) in [5, 5.41) is 12.1. The van der Waals surface area contributed by atoms with Gasteiger partial charge in [-0.25, -0.2) is 4.79 Å². The number of hydrogen-bond donors (Lipinski definition) is 1. The molecule has 0 saturated carbocycles. The van der Waals surface area contributed by atoms with Crippen LogP contribution in [-0.2, 0) is 13.6 Å². The molecule has 0 fully saturated rings. The van der Waals surface area contributed by atoms with Crippen molar-refractivity contribution in [2.75, 3.05) is 0 Å². The Morgan fingerprint density at radius 2 is 1.83 bits per heavy atom. The van der Waals surface area contributed by atoms with Gasteiger partial charge >= 0.3 is 5.69 Å². The Bertz CT molecular complexity index is 1160. The summed E-state index contributed by atoms with van der Waals surface area (Å²) >= 11 is 6.04. The molecule has 0 aliphatic carbocycles. The molecule has 1 aromatic carbocycles. The van der Waals surface area contributed by atoms with E-state index >= 15 is 0 Å². The van der Waals surface area contributed by atoms with E-state index in [1.54, 1.807) is 19.2 Å². The summed E-state index contributed by atoms with van der Waals surface area (Å²) in [4.78, 5) is 30.8. The van der Waals surface area contributed by atoms with Gasteiger partial charge in [-0.05, 0) is 30.9 Å². The lowest BCUT2D eigenvalue weighted by Gasteiger charge is -2.20. The van der Waals surface area contributed by atoms with E-state index in [4.69, 9.17) is 11.6 Å². The molecule has 3 aromatic rings. The molecule has 0 saturated heterocycles. The number of halogens is 1. The molecule has 2 aromatic heterocycles. The number of rotatable bonds is 7. The van der Waals surface area contributed by atoms with Crippen molar-refractivity contribution in [2.45, 2.75) is 52.7 Å². The van der Waals surface area contributed by atoms with Gasteiger partial charge < -0.3 is 5.11 Å². The molecule has 7 heteroatoms. The van der Waals surface area contributed by atoms with Crippen molar-refractivity contribution >= 4 is 22.5 Å². The van der Waals surface area contributed by atoms with Crippen LogP contribution < -0.4 is 11.2 Å². The highest BCUT2D eigenvalue weighted by Crippen LogP contribution is 2.34. The molecule has 160 valence electrons. The monoisotopic (exact) mass is 429 g/mol. The summed E-state index contributed by atoms with van der Waals surface area (Å²) < 4.78 is 2.71. The van der Waals surface area contributed by atoms with Crippen molar-refractivity contribution in [2.24, 2.45) is 13.0 Å². The molecular weight excluding hydrogens is 402 g/mol. The van der Waals surface area contributed by atoms with E-state index in [1.807, 2.05) is 32.9 Å². The Balaban J connectivity index is 2.41. The summed E-state index contributed by atoms with van der Waals surface area (Å²) in [5.41, 5.74) is 1.43. The van der Waals surface area contributed by atoms with Crippen LogP contribution in [0.4, 0.5) is 0 Å². The Morgan fingerprint density at radius 3 is 2.43 bits per heavy atom. The van der Waals surface area contributed by atoms with Crippen molar-refractivity contribution in [3.05, 3.63) is 61.9 Å². The van der Waals surface area contributed by atoms with Gasteiger partial charge in [0.05, 0.1) is 28.9 Å². The van der Waals surface area contributed by atoms with Gasteiger partial charge in [0.1, 0.15) is 0 Å². The molecular formula is C23H28ClN3O3. The molecule has 0 aliphatic rings. The third-order valence-corrected chi connectivity index (χ3v) is 5.57. The van der Waals surface area contributed by atoms with E-state index in [1.165, 1.54) is 15.3 Å². The van der Waals surface area contributed by atoms with Crippen LogP contribution in [0.5, 0.6) is 0 Å². The third kappa shape index (κ3) is 4.20. The highest BCUT2D eigenvalue weighted by atomic mass is 35.5. The number of benzene rings is 1. The number of aliphatic hydroxyl groups excluding tert-OH is 1. The minimum Gasteiger partial charge on any atom is -0.388 e. The second-order valence-corrected chi connectivity index (χ2v) is 8.52. The predicted molar refractivity (Wildman–Crippen MR) is 121 cm³/mol. The zero-order chi connectivity index (χ0) is 22.0. The molecule has 0 radical (unpaired) electrons. The van der Waals surface area contributed by atoms with Crippen LogP contribution in [-0.4, -0.2) is 19.2 Å². The van der Waals surface area contributed by atoms with Gasteiger partial charge in [0, 0.05) is 29.7 Å². The van der Waals surface area contributed by atoms with Gasteiger partial charge in [-0.15, -0.1) is 0 Å². The molecule has 1 atom stereocenters. The number of unbranched alkanes of at least 4 members (excludes halogenated alkanes) is 1. The Morgan fingerprint density at radius 1 is 1.17 bits per heavy atom. The quantitative estimate of drug-likeness (QED) is 0.607. The number of nitrogens with zero attached hydrogens (tertiary/aromatic N) is 3. The van der Waals surface area contributed by atoms with Gasteiger partial charge in [-0.2, -0.15) is 0 Å². The van der Waals surface area contributed by atoms with E-state index in [0.29, 0.717) is 40.1 Å². The van der Waals surface area contributed by atoms with Crippen molar-refractivity contribution in [1.82, 2.24) is 14.1 Å². The van der Waals surface area contributed by atoms with E-state index in [0.717, 1.165) is 18.4 Å². The van der Waals surface area contributed by atoms with Crippen molar-refractivity contribution < 1.29 is 5.11 Å². The van der Waals surface area contributed by atoms with Crippen molar-refractivity contribution in [3.8, 4) is 11.3 Å². The molecule has 0 amide bonds. The Labute approximate surface area is 180 Å². The third-order valence-electron chi connectivity index (χ3n) is 5.32. The normalized spacial score (nSPS) is 12.6. The van der Waals surface area contributed by atoms with Gasteiger partial charge in [-0.1, -0.05) is 50.9 Å². The molecule has 0 bridgehead atoms. The lowest BCUT2D eigenvalue weighted by molar-refractivity contribution is 0.152. The maximum atomic E-state index is 13.4. The molecule has 6 nitrogen and oxygen atoms in total. The Hall–Kier alpha value is -2.44. The first-order chi connectivity index (χ1) is 14.3. The molecule has 2 heterocycles. The van der Waals surface area contributed by atoms with Gasteiger partial charge in [0.25, 0.3) is 5.56 Å². The minimum atomic E-state index is -0.892. The second kappa shape index (κ2) is 9.14. The van der Waals surface area contributed by atoms with Crippen molar-refractivity contribution in [1.29, 1.82) is 0 Å². The number of hydrogen-bond acceptors (Lipinski definition) is 4. The largest absolute Gasteiger partial charge is 0.388 e. The molecule has 1 N–H and O–H groups in total. The molecule has 0 spiro atoms. The zero-order valence-electron chi connectivity index (χ0n) is 17.9. The van der Waals surface area contributed by atoms with E-state index in [2.05, 4.69) is 4.98 Å². The Kier molecular flexibility index (Phi) is 6.78. The van der Waals surface area contributed by atoms with Crippen LogP contribution >= 0.6 is 11.6 Å². The number of pyridine rings is 1. The van der Waals surface area contributed by atoms with E-state index in [9.17, 15) is 14.7 Å². The van der Waals surface area contributed by atoms with E-state index in [-0.39, 0.29) is 17.2 Å². The number of fused-ring (bicyclic) bond motifs is 1. The van der Waals surface area contributed by atoms with Crippen LogP contribution in [0, 0.1) is 5.92 Å². The summed E-state index contributed by atoms with van der Waals surface area (Å²) in [7, 11) is 1.63. The lowest BCUT2D eigenvalue weighted by atomic mass is 9.93. The highest BCUT2D eigenvalue weighted by Gasteiger charge is 2.24. The van der Waals surface area contributed by atoms with Gasteiger partial charge in [-0.3, -0.25) is 18.9 Å². The summed E-state index contributed by atoms with van der Waals surface area (Å²) in [6.07, 6.45) is 2.70. The second-order valence-electron chi connectivity index (χ2n) is 8.08. The molecule has 1 unspecified atom stereocenters. The first-order valence-corrected chi connectivity index (χ1v) is 10.7. The van der Waals surface area contributed by atoms with Crippen LogP contribution in [0.15, 0.2) is 40.1 Å². The topological polar surface area (TPSA) is 77.1 Å². The fraction of sp³-hybridized carbons (Fsp3) is 0.435. The van der Waals surface area contributed by atoms with Crippen LogP contribution in [0.2, 0.25) is 5.02 Å². The van der Waals surface area contributed by atoms with Gasteiger partial charge in [0.15, 0.2) is 0 Å². The maximum absolute atomic E-state index is 13.4. The smallest absolute Gasteiger partial charge is 0.331 e. The van der Waals surface area contributed by atoms with Crippen LogP contribution in [0.25, 0.3) is 22.2 Å². The van der Waals surface area contributed by atoms with Crippen LogP contribution in [0.3, 0.4) is 0 Å². The van der Waals surface area contributed by atoms with Crippen molar-refractivity contribution in [3.63, 3.8) is 0 Å². The lowest BCUT2D eigenvalue weighted by Crippen LogP contribution is -2.39. The minimum absolute atomic E-state index is 0.211. The number of aryl methyl sites for hydroxylation is 1. The summed E-state index contributed by atoms with van der Waals surface area (Å²) in [5.74, 6) is 0.211. The first kappa shape index (κ1) is 22.2. The van der Waals surface area contributed by atoms with Crippen LogP contribution in [0.1, 0.15) is 51.7 Å². The highest BCUT2D eigenvalue weighted by molar-refractivity contribution is 6.30. The van der Waals surface area contributed by atoms with E-state index < -0.39 is 6.10 Å². The summed E-state index contributed by atoms with van der Waals surface area (Å²) in [6.45, 7) is 6.38. The number of aromatic nitrogens is 3. The average Bonchev–Trinajstić information content (AvgIpc) is 2.71. The molecule has 0 aliphatic heterocycles. The standard InChI is InChI=1S/C23H28ClN3O3/c1-5-6-11-27-22(29)19-17(26(4)23(27)30)13-25-21(15-7-9-16(24)10-8-15)20(19)18(28)12-14(2)3/h7-10,13-14,18,28H,5-6,11-12H2,1-4H3. The average molecular weight is 430 g/mol. The predicted octanol–water partition coefficient (Wildman–Crippen LogP) is 4.30. The summed E-state index contributed by atoms with van der Waals surface area (Å²) in [6, 6.07) is 7.14. The zero-order valence-corrected chi connectivity index (χ0v) is 18.6. The maximum Gasteiger partial charge on any atom is 0.331 e. The fourth-order valence-corrected chi connectivity index (χ4v) is 3.87. The number of aliphatic hydroxyl groups is 1. The molecule has 3 rings (SSSR count). The first-order valence-electron chi connectivity index (χ1n) is 10.3. The SMILES string of the molecule is CCCCn1c(=O)c2c(C(O)CC(C)C)c(-c3ccc(Cl)cc3)ncc2n(C)c1=O. The van der Waals surface area contributed by atoms with Gasteiger partial charge in [0.2, 0.25) is 0 Å². The fourth-order valence-electron chi connectivity index (χ4n) is 3.74.